The average Bonchev–Trinajstić information content (AvgIpc) is 3.15. The number of hydrogen-bond acceptors (Lipinski definition) is 3. The molecule has 0 unspecified atom stereocenters. The highest BCUT2D eigenvalue weighted by Crippen LogP contribution is 2.24. The molecule has 0 amide bonds. The van der Waals surface area contributed by atoms with Gasteiger partial charge < -0.3 is 14.7 Å². The maximum Gasteiger partial charge on any atom is 0.294 e. The first kappa shape index (κ1) is 17.4. The Bertz CT molecular complexity index is 1280. The number of aromatic amines is 1. The van der Waals surface area contributed by atoms with Crippen molar-refractivity contribution in [3.63, 3.8) is 0 Å². The van der Waals surface area contributed by atoms with Gasteiger partial charge in [0.05, 0.1) is 0 Å². The molecule has 0 fully saturated rings. The zero-order chi connectivity index (χ0) is 19.6. The molecule has 0 radical (unpaired) electrons. The predicted octanol–water partition coefficient (Wildman–Crippen LogP) is 3.52. The number of fused-ring (bicyclic) bond motifs is 3. The topological polar surface area (TPSA) is 75.5 Å². The monoisotopic (exact) mass is 382 g/mol. The van der Waals surface area contributed by atoms with E-state index in [1.54, 1.807) is 0 Å². The first-order valence-corrected chi connectivity index (χ1v) is 9.63. The minimum atomic E-state index is -0.245. The SMILES string of the molecule is O=c1[nH]c(C[NH2+]C(c2ccccc2)c2ccccc2)nc2c1oc1ccccc12. The summed E-state index contributed by atoms with van der Waals surface area (Å²) < 4.78 is 5.69. The van der Waals surface area contributed by atoms with Crippen molar-refractivity contribution in [2.75, 3.05) is 0 Å². The van der Waals surface area contributed by atoms with Gasteiger partial charge in [0.2, 0.25) is 5.58 Å². The van der Waals surface area contributed by atoms with Crippen LogP contribution in [0.4, 0.5) is 0 Å². The Morgan fingerprint density at radius 3 is 2.17 bits per heavy atom. The number of furan rings is 1. The normalized spacial score (nSPS) is 11.5. The molecule has 5 heteroatoms. The molecule has 29 heavy (non-hydrogen) atoms. The van der Waals surface area contributed by atoms with Crippen LogP contribution in [0.15, 0.2) is 94.1 Å². The molecule has 142 valence electrons. The van der Waals surface area contributed by atoms with Crippen LogP contribution in [-0.2, 0) is 6.54 Å². The molecule has 3 aromatic carbocycles. The lowest BCUT2D eigenvalue weighted by molar-refractivity contribution is -0.703. The number of hydrogen-bond donors (Lipinski definition) is 2. The zero-order valence-electron chi connectivity index (χ0n) is 15.7. The maximum atomic E-state index is 12.6. The second kappa shape index (κ2) is 7.37. The van der Waals surface area contributed by atoms with Crippen LogP contribution in [0.5, 0.6) is 0 Å². The summed E-state index contributed by atoms with van der Waals surface area (Å²) in [5.74, 6) is 0.630. The van der Waals surface area contributed by atoms with Crippen LogP contribution in [0.1, 0.15) is 23.0 Å². The van der Waals surface area contributed by atoms with Gasteiger partial charge in [-0.05, 0) is 12.1 Å². The second-order valence-corrected chi connectivity index (χ2v) is 7.03. The minimum Gasteiger partial charge on any atom is -0.449 e. The van der Waals surface area contributed by atoms with Gasteiger partial charge in [-0.2, -0.15) is 0 Å². The number of nitrogens with one attached hydrogen (secondary N) is 1. The summed E-state index contributed by atoms with van der Waals surface area (Å²) in [6.45, 7) is 0.541. The lowest BCUT2D eigenvalue weighted by Crippen LogP contribution is -2.84. The summed E-state index contributed by atoms with van der Waals surface area (Å²) in [6.07, 6.45) is 0. The average molecular weight is 382 g/mol. The second-order valence-electron chi connectivity index (χ2n) is 7.03. The van der Waals surface area contributed by atoms with E-state index in [0.29, 0.717) is 23.5 Å². The number of rotatable bonds is 5. The van der Waals surface area contributed by atoms with Crippen molar-refractivity contribution in [1.29, 1.82) is 0 Å². The fourth-order valence-electron chi connectivity index (χ4n) is 3.76. The minimum absolute atomic E-state index is 0.111. The van der Waals surface area contributed by atoms with Crippen molar-refractivity contribution < 1.29 is 9.73 Å². The highest BCUT2D eigenvalue weighted by Gasteiger charge is 2.19. The molecule has 0 aliphatic heterocycles. The third-order valence-corrected chi connectivity index (χ3v) is 5.14. The number of nitrogens with zero attached hydrogens (tertiary/aromatic N) is 1. The van der Waals surface area contributed by atoms with Gasteiger partial charge in [0.1, 0.15) is 23.7 Å². The molecule has 0 aliphatic rings. The Labute approximate surface area is 167 Å². The van der Waals surface area contributed by atoms with Crippen LogP contribution in [-0.4, -0.2) is 9.97 Å². The Morgan fingerprint density at radius 1 is 0.862 bits per heavy atom. The Kier molecular flexibility index (Phi) is 4.42. The summed E-state index contributed by atoms with van der Waals surface area (Å²) >= 11 is 0. The summed E-state index contributed by atoms with van der Waals surface area (Å²) in [6, 6.07) is 28.4. The van der Waals surface area contributed by atoms with Crippen LogP contribution in [0.3, 0.4) is 0 Å². The first-order valence-electron chi connectivity index (χ1n) is 9.63. The molecule has 5 nitrogen and oxygen atoms in total. The van der Waals surface area contributed by atoms with Gasteiger partial charge in [-0.25, -0.2) is 4.98 Å². The fraction of sp³-hybridized carbons (Fsp3) is 0.0833. The van der Waals surface area contributed by atoms with E-state index in [2.05, 4.69) is 34.6 Å². The van der Waals surface area contributed by atoms with Gasteiger partial charge in [-0.15, -0.1) is 0 Å². The quantitative estimate of drug-likeness (QED) is 0.488. The molecule has 0 saturated carbocycles. The van der Waals surface area contributed by atoms with Crippen molar-refractivity contribution in [1.82, 2.24) is 9.97 Å². The van der Waals surface area contributed by atoms with Gasteiger partial charge in [-0.3, -0.25) is 4.79 Å². The summed E-state index contributed by atoms with van der Waals surface area (Å²) in [4.78, 5) is 20.1. The molecule has 2 aromatic heterocycles. The summed E-state index contributed by atoms with van der Waals surface area (Å²) in [5, 5.41) is 3.05. The van der Waals surface area contributed by atoms with E-state index in [1.165, 1.54) is 11.1 Å². The lowest BCUT2D eigenvalue weighted by Gasteiger charge is -2.16. The van der Waals surface area contributed by atoms with Crippen molar-refractivity contribution in [3.8, 4) is 0 Å². The van der Waals surface area contributed by atoms with Gasteiger partial charge in [0, 0.05) is 16.5 Å². The predicted molar refractivity (Wildman–Crippen MR) is 112 cm³/mol. The number of H-pyrrole nitrogens is 1. The van der Waals surface area contributed by atoms with Crippen LogP contribution in [0.25, 0.3) is 22.1 Å². The van der Waals surface area contributed by atoms with Crippen LogP contribution < -0.4 is 10.9 Å². The molecule has 0 bridgehead atoms. The maximum absolute atomic E-state index is 12.6. The van der Waals surface area contributed by atoms with E-state index in [-0.39, 0.29) is 17.2 Å². The Morgan fingerprint density at radius 2 is 1.48 bits per heavy atom. The number of quaternary nitrogens is 1. The molecule has 0 spiro atoms. The Balaban J connectivity index is 1.51. The zero-order valence-corrected chi connectivity index (χ0v) is 15.7. The third kappa shape index (κ3) is 3.32. The molecule has 0 atom stereocenters. The van der Waals surface area contributed by atoms with Crippen molar-refractivity contribution >= 4 is 22.1 Å². The van der Waals surface area contributed by atoms with E-state index >= 15 is 0 Å². The van der Waals surface area contributed by atoms with E-state index in [1.807, 2.05) is 60.7 Å². The van der Waals surface area contributed by atoms with Gasteiger partial charge in [0.15, 0.2) is 5.82 Å². The number of benzene rings is 3. The third-order valence-electron chi connectivity index (χ3n) is 5.14. The number of aromatic nitrogens is 2. The Hall–Kier alpha value is -3.70. The first-order chi connectivity index (χ1) is 14.3. The van der Waals surface area contributed by atoms with E-state index in [9.17, 15) is 4.79 Å². The highest BCUT2D eigenvalue weighted by atomic mass is 16.3. The van der Waals surface area contributed by atoms with Gasteiger partial charge in [0.25, 0.3) is 5.56 Å². The smallest absolute Gasteiger partial charge is 0.294 e. The molecule has 3 N–H and O–H groups in total. The molecular formula is C24H20N3O2+. The van der Waals surface area contributed by atoms with Gasteiger partial charge >= 0.3 is 0 Å². The number of nitrogens with two attached hydrogens (primary N) is 1. The highest BCUT2D eigenvalue weighted by molar-refractivity contribution is 6.01. The van der Waals surface area contributed by atoms with E-state index in [0.717, 1.165) is 5.39 Å². The molecule has 0 aliphatic carbocycles. The summed E-state index contributed by atoms with van der Waals surface area (Å²) in [7, 11) is 0. The summed E-state index contributed by atoms with van der Waals surface area (Å²) in [5.41, 5.74) is 3.73. The molecule has 5 aromatic rings. The molecular weight excluding hydrogens is 362 g/mol. The van der Waals surface area contributed by atoms with E-state index < -0.39 is 0 Å². The van der Waals surface area contributed by atoms with Crippen molar-refractivity contribution in [3.05, 3.63) is 112 Å². The molecule has 5 rings (SSSR count). The molecule has 0 saturated heterocycles. The van der Waals surface area contributed by atoms with Crippen LogP contribution in [0, 0.1) is 0 Å². The van der Waals surface area contributed by atoms with Gasteiger partial charge in [-0.1, -0.05) is 72.8 Å². The van der Waals surface area contributed by atoms with E-state index in [4.69, 9.17) is 9.40 Å². The number of para-hydroxylation sites is 1. The lowest BCUT2D eigenvalue weighted by atomic mass is 9.99. The fourth-order valence-corrected chi connectivity index (χ4v) is 3.76. The molecule has 2 heterocycles. The van der Waals surface area contributed by atoms with Crippen molar-refractivity contribution in [2.24, 2.45) is 0 Å². The van der Waals surface area contributed by atoms with Crippen molar-refractivity contribution in [2.45, 2.75) is 12.6 Å². The van der Waals surface area contributed by atoms with Crippen LogP contribution >= 0.6 is 0 Å². The van der Waals surface area contributed by atoms with Crippen LogP contribution in [0.2, 0.25) is 0 Å². The standard InChI is InChI=1S/C24H19N3O2/c28-24-23-22(18-13-7-8-14-19(18)29-23)26-20(27-24)15-25-21(16-9-3-1-4-10-16)17-11-5-2-6-12-17/h1-14,21,25H,15H2,(H,26,27,28)/p+1. The largest absolute Gasteiger partial charge is 0.449 e.